The molecule has 3 aliphatic carbocycles. The maximum absolute atomic E-state index is 11.8. The van der Waals surface area contributed by atoms with Crippen molar-refractivity contribution in [1.29, 1.82) is 0 Å². The van der Waals surface area contributed by atoms with Crippen LogP contribution in [-0.4, -0.2) is 100.0 Å². The van der Waals surface area contributed by atoms with Crippen LogP contribution in [0.5, 0.6) is 0 Å². The number of carbonyl (C=O) groups excluding carboxylic acids is 3. The Morgan fingerprint density at radius 1 is 0.469 bits per heavy atom. The first kappa shape index (κ1) is 47.7. The minimum atomic E-state index is -0.491. The lowest BCUT2D eigenvalue weighted by Gasteiger charge is -2.20. The van der Waals surface area contributed by atoms with E-state index in [9.17, 15) is 14.4 Å². The van der Waals surface area contributed by atoms with E-state index in [0.717, 1.165) is 29.5 Å². The zero-order valence-electron chi connectivity index (χ0n) is 38.6. The van der Waals surface area contributed by atoms with Gasteiger partial charge in [0.1, 0.15) is 6.10 Å². The third-order valence-corrected chi connectivity index (χ3v) is 14.5. The Balaban J connectivity index is 0.000000144. The summed E-state index contributed by atoms with van der Waals surface area (Å²) in [5.41, 5.74) is 2.18. The summed E-state index contributed by atoms with van der Waals surface area (Å²) in [5.74, 6) is -0.571. The summed E-state index contributed by atoms with van der Waals surface area (Å²) in [6, 6.07) is 30.2. The first-order valence-electron chi connectivity index (χ1n) is 22.5. The summed E-state index contributed by atoms with van der Waals surface area (Å²) >= 11 is 0. The van der Waals surface area contributed by atoms with Crippen molar-refractivity contribution in [2.75, 3.05) is 28.4 Å². The molecule has 15 atom stereocenters. The fourth-order valence-electron chi connectivity index (χ4n) is 10.5. The molecule has 3 aromatic carbocycles. The van der Waals surface area contributed by atoms with Crippen molar-refractivity contribution in [2.45, 2.75) is 127 Å². The van der Waals surface area contributed by atoms with Crippen LogP contribution in [-0.2, 0) is 81.6 Å². The lowest BCUT2D eigenvalue weighted by molar-refractivity contribution is -0.173. The number of rotatable bonds is 13. The fraction of sp³-hybridized carbons (Fsp3) is 0.588. The molecule has 13 nitrogen and oxygen atoms in total. The van der Waals surface area contributed by atoms with E-state index in [0.29, 0.717) is 26.2 Å². The molecule has 3 saturated carbocycles. The molecular formula is C51H66O13. The summed E-state index contributed by atoms with van der Waals surface area (Å²) in [7, 11) is 5.87. The van der Waals surface area contributed by atoms with Crippen LogP contribution >= 0.6 is 0 Å². The van der Waals surface area contributed by atoms with Crippen molar-refractivity contribution in [1.82, 2.24) is 0 Å². The van der Waals surface area contributed by atoms with Crippen LogP contribution in [0.1, 0.15) is 70.6 Å². The summed E-state index contributed by atoms with van der Waals surface area (Å²) in [5, 5.41) is 0. The summed E-state index contributed by atoms with van der Waals surface area (Å²) in [6.45, 7) is 12.0. The molecule has 3 aliphatic heterocycles. The minimum absolute atomic E-state index is 0.00151. The second kappa shape index (κ2) is 20.1. The highest BCUT2D eigenvalue weighted by Crippen LogP contribution is 2.61. The predicted molar refractivity (Wildman–Crippen MR) is 234 cm³/mol. The molecule has 0 radical (unpaired) electrons. The molecule has 3 saturated heterocycles. The van der Waals surface area contributed by atoms with Crippen LogP contribution in [0, 0.1) is 35.5 Å². The third-order valence-electron chi connectivity index (χ3n) is 14.5. The Labute approximate surface area is 377 Å². The Bertz CT molecular complexity index is 1920. The van der Waals surface area contributed by atoms with Crippen molar-refractivity contribution >= 4 is 17.9 Å². The smallest absolute Gasteiger partial charge is 0.311 e. The highest BCUT2D eigenvalue weighted by Gasteiger charge is 2.72. The van der Waals surface area contributed by atoms with Gasteiger partial charge in [-0.1, -0.05) is 112 Å². The first-order chi connectivity index (χ1) is 30.8. The molecule has 0 N–H and O–H groups in total. The van der Waals surface area contributed by atoms with Crippen LogP contribution < -0.4 is 0 Å². The quantitative estimate of drug-likeness (QED) is 0.126. The molecule has 3 aromatic rings. The molecule has 6 aliphatic rings. The molecule has 6 fully saturated rings. The number of benzene rings is 3. The molecule has 0 amide bonds. The van der Waals surface area contributed by atoms with E-state index < -0.39 is 11.9 Å². The van der Waals surface area contributed by atoms with E-state index in [4.69, 9.17) is 47.4 Å². The minimum Gasteiger partial charge on any atom is -0.469 e. The summed E-state index contributed by atoms with van der Waals surface area (Å²) < 4.78 is 56.3. The highest BCUT2D eigenvalue weighted by molar-refractivity contribution is 5.79. The van der Waals surface area contributed by atoms with Gasteiger partial charge in [0, 0.05) is 24.9 Å². The molecule has 64 heavy (non-hydrogen) atoms. The summed E-state index contributed by atoms with van der Waals surface area (Å²) in [6.07, 6.45) is 1.54. The Morgan fingerprint density at radius 2 is 0.766 bits per heavy atom. The normalized spacial score (nSPS) is 37.3. The maximum atomic E-state index is 11.8. The second-order valence-electron chi connectivity index (χ2n) is 18.2. The van der Waals surface area contributed by atoms with Crippen LogP contribution in [0.4, 0.5) is 0 Å². The van der Waals surface area contributed by atoms with Crippen LogP contribution in [0.3, 0.4) is 0 Å². The number of hydrogen-bond acceptors (Lipinski definition) is 13. The number of carbonyl (C=O) groups is 3. The Morgan fingerprint density at radius 3 is 1.08 bits per heavy atom. The third kappa shape index (κ3) is 9.68. The molecule has 6 unspecified atom stereocenters. The topological polar surface area (TPSA) is 144 Å². The van der Waals surface area contributed by atoms with Crippen LogP contribution in [0.15, 0.2) is 91.0 Å². The SMILES string of the molecule is COC(=O)C1CC12O[C@@H](C)[C@@H](OCc1ccccc1)[C@@H]2C.COC(=O)C1CC12O[C@H](C)[C@H](OCc1ccccc1)[C@@H]2C.COC(=O)C1CC12O[C@H](OC)[C@H](OCc1ccccc1)[C@H]2C. The van der Waals surface area contributed by atoms with Crippen LogP contribution in [0.2, 0.25) is 0 Å². The van der Waals surface area contributed by atoms with Crippen LogP contribution in [0.25, 0.3) is 0 Å². The zero-order valence-corrected chi connectivity index (χ0v) is 38.6. The van der Waals surface area contributed by atoms with Gasteiger partial charge >= 0.3 is 17.9 Å². The number of ether oxygens (including phenoxy) is 10. The number of hydrogen-bond donors (Lipinski definition) is 0. The lowest BCUT2D eigenvalue weighted by atomic mass is 9.95. The summed E-state index contributed by atoms with van der Waals surface area (Å²) in [4.78, 5) is 35.2. The second-order valence-corrected chi connectivity index (χ2v) is 18.2. The first-order valence-corrected chi connectivity index (χ1v) is 22.5. The Kier molecular flexibility index (Phi) is 15.0. The van der Waals surface area contributed by atoms with E-state index >= 15 is 0 Å². The standard InChI is InChI=1S/C17H22O5.2C17H22O4/c1-11-14(21-10-12-7-5-4-6-8-12)16(20-3)22-17(11)9-13(17)15(18)19-2;2*1-11-15(20-10-13-7-5-4-6-8-13)12(2)21-17(11)9-14(17)16(18)19-3/h4-8,11,13-14,16H,9-10H2,1-3H3;2*4-8,11-12,14-15H,9-10H2,1-3H3/t11-,13?,14-,16+,17?;11-,12+,14?,15+,17?;11-,12-,14?,15-,17?/m100/s1. The molecule has 0 aromatic heterocycles. The molecule has 0 bridgehead atoms. The number of esters is 3. The van der Waals surface area contributed by atoms with E-state index in [1.165, 1.54) is 21.3 Å². The van der Waals surface area contributed by atoms with Gasteiger partial charge in [-0.15, -0.1) is 0 Å². The van der Waals surface area contributed by atoms with E-state index in [2.05, 4.69) is 45.0 Å². The van der Waals surface area contributed by atoms with Gasteiger partial charge in [0.25, 0.3) is 0 Å². The van der Waals surface area contributed by atoms with Crippen molar-refractivity contribution in [3.05, 3.63) is 108 Å². The largest absolute Gasteiger partial charge is 0.469 e. The lowest BCUT2D eigenvalue weighted by Crippen LogP contribution is -2.31. The molecule has 3 heterocycles. The zero-order chi connectivity index (χ0) is 45.8. The molecule has 3 spiro atoms. The van der Waals surface area contributed by atoms with Crippen molar-refractivity contribution in [3.63, 3.8) is 0 Å². The fourth-order valence-corrected chi connectivity index (χ4v) is 10.5. The molecule has 348 valence electrons. The predicted octanol–water partition coefficient (Wildman–Crippen LogP) is 7.26. The molecule has 9 rings (SSSR count). The van der Waals surface area contributed by atoms with E-state index in [1.54, 1.807) is 7.11 Å². The van der Waals surface area contributed by atoms with Crippen molar-refractivity contribution in [2.24, 2.45) is 35.5 Å². The van der Waals surface area contributed by atoms with Gasteiger partial charge in [-0.3, -0.25) is 14.4 Å². The van der Waals surface area contributed by atoms with Gasteiger partial charge in [0.15, 0.2) is 6.29 Å². The average Bonchev–Trinajstić information content (AvgIpc) is 4.27. The van der Waals surface area contributed by atoms with Crippen molar-refractivity contribution in [3.8, 4) is 0 Å². The maximum Gasteiger partial charge on any atom is 0.311 e. The average molecular weight is 887 g/mol. The monoisotopic (exact) mass is 886 g/mol. The van der Waals surface area contributed by atoms with E-state index in [1.807, 2.05) is 80.6 Å². The highest BCUT2D eigenvalue weighted by atomic mass is 16.7. The van der Waals surface area contributed by atoms with Crippen molar-refractivity contribution < 1.29 is 61.8 Å². The molecule has 13 heteroatoms. The van der Waals surface area contributed by atoms with Gasteiger partial charge in [-0.25, -0.2) is 0 Å². The van der Waals surface area contributed by atoms with Gasteiger partial charge < -0.3 is 47.4 Å². The number of methoxy groups -OCH3 is 4. The van der Waals surface area contributed by atoms with Gasteiger partial charge in [0.05, 0.1) is 100 Å². The van der Waals surface area contributed by atoms with E-state index in [-0.39, 0.29) is 95.1 Å². The van der Waals surface area contributed by atoms with Gasteiger partial charge in [-0.2, -0.15) is 0 Å². The van der Waals surface area contributed by atoms with Gasteiger partial charge in [-0.05, 0) is 49.8 Å². The van der Waals surface area contributed by atoms with Gasteiger partial charge in [0.2, 0.25) is 0 Å². The molecular weight excluding hydrogens is 821 g/mol. The Hall–Kier alpha value is -4.21.